The first-order chi connectivity index (χ1) is 8.67. The van der Waals surface area contributed by atoms with E-state index in [1.807, 2.05) is 0 Å². The maximum atomic E-state index is 12.9. The molecule has 2 N–H and O–H groups in total. The highest BCUT2D eigenvalue weighted by atomic mass is 19.1. The number of aliphatic hydroxyl groups excluding tert-OH is 1. The van der Waals surface area contributed by atoms with Crippen LogP contribution in [0.25, 0.3) is 0 Å². The predicted molar refractivity (Wildman–Crippen MR) is 63.0 cm³/mol. The zero-order valence-electron chi connectivity index (χ0n) is 9.61. The van der Waals surface area contributed by atoms with Crippen molar-refractivity contribution >= 4 is 5.69 Å². The molecule has 2 rings (SSSR count). The smallest absolute Gasteiger partial charge is 0.128 e. The van der Waals surface area contributed by atoms with Gasteiger partial charge < -0.3 is 10.4 Å². The quantitative estimate of drug-likeness (QED) is 0.853. The van der Waals surface area contributed by atoms with Crippen molar-refractivity contribution < 1.29 is 13.9 Å². The van der Waals surface area contributed by atoms with Crippen LogP contribution in [0.2, 0.25) is 0 Å². The maximum Gasteiger partial charge on any atom is 0.128 e. The Morgan fingerprint density at radius 2 is 1.94 bits per heavy atom. The second kappa shape index (κ2) is 5.59. The summed E-state index contributed by atoms with van der Waals surface area (Å²) in [7, 11) is 0. The molecule has 0 saturated carbocycles. The van der Waals surface area contributed by atoms with Crippen LogP contribution in [0.3, 0.4) is 0 Å². The second-order valence-corrected chi connectivity index (χ2v) is 3.85. The normalized spacial score (nSPS) is 10.6. The van der Waals surface area contributed by atoms with Gasteiger partial charge in [-0.3, -0.25) is 4.68 Å². The zero-order chi connectivity index (χ0) is 13.0. The summed E-state index contributed by atoms with van der Waals surface area (Å²) in [6, 6.07) is 3.27. The van der Waals surface area contributed by atoms with Crippen molar-refractivity contribution in [1.82, 2.24) is 9.78 Å². The molecule has 0 atom stereocenters. The SMILES string of the molecule is OCCn1cc(CNc2cc(F)cc(F)c2)cn1. The molecule has 0 aliphatic heterocycles. The number of aliphatic hydroxyl groups is 1. The van der Waals surface area contributed by atoms with Gasteiger partial charge in [-0.05, 0) is 12.1 Å². The highest BCUT2D eigenvalue weighted by molar-refractivity contribution is 5.44. The Bertz CT molecular complexity index is 508. The topological polar surface area (TPSA) is 50.1 Å². The number of aromatic nitrogens is 2. The minimum Gasteiger partial charge on any atom is -0.394 e. The molecule has 0 bridgehead atoms. The van der Waals surface area contributed by atoms with Crippen molar-refractivity contribution in [1.29, 1.82) is 0 Å². The molecule has 6 heteroatoms. The number of anilines is 1. The van der Waals surface area contributed by atoms with Crippen molar-refractivity contribution in [3.8, 4) is 0 Å². The van der Waals surface area contributed by atoms with Gasteiger partial charge in [-0.25, -0.2) is 8.78 Å². The van der Waals surface area contributed by atoms with E-state index >= 15 is 0 Å². The fourth-order valence-electron chi connectivity index (χ4n) is 1.58. The van der Waals surface area contributed by atoms with E-state index in [1.54, 1.807) is 17.1 Å². The van der Waals surface area contributed by atoms with Crippen LogP contribution in [0.15, 0.2) is 30.6 Å². The predicted octanol–water partition coefficient (Wildman–Crippen LogP) is 1.77. The van der Waals surface area contributed by atoms with Crippen LogP contribution < -0.4 is 5.32 Å². The zero-order valence-corrected chi connectivity index (χ0v) is 9.61. The average molecular weight is 253 g/mol. The van der Waals surface area contributed by atoms with E-state index in [9.17, 15) is 8.78 Å². The summed E-state index contributed by atoms with van der Waals surface area (Å²) < 4.78 is 27.5. The minimum atomic E-state index is -0.617. The number of nitrogens with one attached hydrogen (secondary N) is 1. The largest absolute Gasteiger partial charge is 0.394 e. The van der Waals surface area contributed by atoms with Crippen LogP contribution in [0, 0.1) is 11.6 Å². The van der Waals surface area contributed by atoms with Crippen LogP contribution in [0.4, 0.5) is 14.5 Å². The van der Waals surface area contributed by atoms with Crippen LogP contribution in [-0.2, 0) is 13.1 Å². The van der Waals surface area contributed by atoms with Gasteiger partial charge in [-0.15, -0.1) is 0 Å². The summed E-state index contributed by atoms with van der Waals surface area (Å²) in [5.74, 6) is -1.23. The lowest BCUT2D eigenvalue weighted by molar-refractivity contribution is 0.269. The van der Waals surface area contributed by atoms with Gasteiger partial charge in [0.15, 0.2) is 0 Å². The maximum absolute atomic E-state index is 12.9. The fraction of sp³-hybridized carbons (Fsp3) is 0.250. The molecule has 0 saturated heterocycles. The summed E-state index contributed by atoms with van der Waals surface area (Å²) in [6.45, 7) is 0.854. The van der Waals surface area contributed by atoms with Crippen LogP contribution in [-0.4, -0.2) is 21.5 Å². The molecule has 0 unspecified atom stereocenters. The Hall–Kier alpha value is -1.95. The molecule has 0 aliphatic rings. The third-order valence-electron chi connectivity index (χ3n) is 2.38. The molecule has 0 amide bonds. The van der Waals surface area contributed by atoms with Crippen molar-refractivity contribution in [3.05, 3.63) is 47.8 Å². The van der Waals surface area contributed by atoms with E-state index < -0.39 is 11.6 Å². The fourth-order valence-corrected chi connectivity index (χ4v) is 1.58. The monoisotopic (exact) mass is 253 g/mol. The van der Waals surface area contributed by atoms with Gasteiger partial charge in [-0.2, -0.15) is 5.10 Å². The highest BCUT2D eigenvalue weighted by Gasteiger charge is 2.02. The van der Waals surface area contributed by atoms with E-state index in [0.29, 0.717) is 18.8 Å². The van der Waals surface area contributed by atoms with E-state index in [4.69, 9.17) is 5.11 Å². The van der Waals surface area contributed by atoms with Crippen LogP contribution in [0.1, 0.15) is 5.56 Å². The molecule has 4 nitrogen and oxygen atoms in total. The number of benzene rings is 1. The Labute approximate surface area is 103 Å². The number of halogens is 2. The molecule has 0 aliphatic carbocycles. The molecule has 0 radical (unpaired) electrons. The average Bonchev–Trinajstić information content (AvgIpc) is 2.74. The van der Waals surface area contributed by atoms with Crippen molar-refractivity contribution in [2.75, 3.05) is 11.9 Å². The van der Waals surface area contributed by atoms with Gasteiger partial charge in [0.25, 0.3) is 0 Å². The highest BCUT2D eigenvalue weighted by Crippen LogP contribution is 2.13. The summed E-state index contributed by atoms with van der Waals surface area (Å²) in [6.07, 6.45) is 3.40. The number of rotatable bonds is 5. The van der Waals surface area contributed by atoms with E-state index in [2.05, 4.69) is 10.4 Å². The van der Waals surface area contributed by atoms with Crippen molar-refractivity contribution in [2.24, 2.45) is 0 Å². The van der Waals surface area contributed by atoms with Crippen molar-refractivity contribution in [2.45, 2.75) is 13.1 Å². The Morgan fingerprint density at radius 3 is 2.61 bits per heavy atom. The summed E-state index contributed by atoms with van der Waals surface area (Å²) in [5, 5.41) is 15.7. The first-order valence-electron chi connectivity index (χ1n) is 5.49. The molecule has 0 fully saturated rings. The molecule has 2 aromatic rings. The van der Waals surface area contributed by atoms with E-state index in [1.165, 1.54) is 12.1 Å². The summed E-state index contributed by atoms with van der Waals surface area (Å²) in [5.41, 5.74) is 1.25. The standard InChI is InChI=1S/C12H13F2N3O/c13-10-3-11(14)5-12(4-10)15-6-9-7-16-17(8-9)1-2-18/h3-5,7-8,15,18H,1-2,6H2. The van der Waals surface area contributed by atoms with Crippen molar-refractivity contribution in [3.63, 3.8) is 0 Å². The van der Waals surface area contributed by atoms with Gasteiger partial charge in [0, 0.05) is 30.1 Å². The molecule has 0 spiro atoms. The number of hydrogen-bond donors (Lipinski definition) is 2. The first-order valence-corrected chi connectivity index (χ1v) is 5.49. The third-order valence-corrected chi connectivity index (χ3v) is 2.38. The Kier molecular flexibility index (Phi) is 3.88. The molecule has 1 aromatic heterocycles. The molecule has 96 valence electrons. The third kappa shape index (κ3) is 3.27. The lowest BCUT2D eigenvalue weighted by Crippen LogP contribution is -2.02. The van der Waals surface area contributed by atoms with Crippen LogP contribution in [0.5, 0.6) is 0 Å². The molecule has 18 heavy (non-hydrogen) atoms. The van der Waals surface area contributed by atoms with Crippen LogP contribution >= 0.6 is 0 Å². The number of nitrogens with zero attached hydrogens (tertiary/aromatic N) is 2. The Balaban J connectivity index is 1.97. The molecular formula is C12H13F2N3O. The lowest BCUT2D eigenvalue weighted by atomic mass is 10.3. The minimum absolute atomic E-state index is 0.0175. The lowest BCUT2D eigenvalue weighted by Gasteiger charge is -2.05. The van der Waals surface area contributed by atoms with Gasteiger partial charge >= 0.3 is 0 Å². The van der Waals surface area contributed by atoms with E-state index in [-0.39, 0.29) is 6.61 Å². The van der Waals surface area contributed by atoms with Gasteiger partial charge in [0.1, 0.15) is 11.6 Å². The van der Waals surface area contributed by atoms with Gasteiger partial charge in [0.2, 0.25) is 0 Å². The Morgan fingerprint density at radius 1 is 1.22 bits per heavy atom. The van der Waals surface area contributed by atoms with Gasteiger partial charge in [-0.1, -0.05) is 0 Å². The molecular weight excluding hydrogens is 240 g/mol. The second-order valence-electron chi connectivity index (χ2n) is 3.85. The summed E-state index contributed by atoms with van der Waals surface area (Å²) >= 11 is 0. The summed E-state index contributed by atoms with van der Waals surface area (Å²) in [4.78, 5) is 0. The van der Waals surface area contributed by atoms with E-state index in [0.717, 1.165) is 11.6 Å². The molecule has 1 aromatic carbocycles. The first kappa shape index (κ1) is 12.5. The number of hydrogen-bond acceptors (Lipinski definition) is 3. The van der Waals surface area contributed by atoms with Gasteiger partial charge in [0.05, 0.1) is 19.3 Å². The molecule has 1 heterocycles.